The molecule has 0 saturated carbocycles. The first-order valence-corrected chi connectivity index (χ1v) is 10.2. The number of anilines is 2. The van der Waals surface area contributed by atoms with E-state index in [-0.39, 0.29) is 17.9 Å². The molecule has 0 bridgehead atoms. The number of carbonyl (C=O) groups excluding carboxylic acids is 1. The Bertz CT molecular complexity index is 868. The number of hydrogen-bond donors (Lipinski definition) is 1. The molecular weight excluding hydrogens is 366 g/mol. The second-order valence-corrected chi connectivity index (χ2v) is 7.60. The molecule has 1 saturated heterocycles. The van der Waals surface area contributed by atoms with E-state index in [9.17, 15) is 4.79 Å². The summed E-state index contributed by atoms with van der Waals surface area (Å²) in [5.74, 6) is 1.78. The van der Waals surface area contributed by atoms with Crippen LogP contribution in [-0.2, 0) is 11.2 Å². The van der Waals surface area contributed by atoms with Crippen molar-refractivity contribution >= 4 is 17.3 Å². The van der Waals surface area contributed by atoms with Gasteiger partial charge in [0, 0.05) is 43.6 Å². The van der Waals surface area contributed by atoms with Crippen molar-refractivity contribution in [1.29, 1.82) is 0 Å². The molecule has 1 amide bonds. The van der Waals surface area contributed by atoms with Crippen molar-refractivity contribution in [3.05, 3.63) is 48.0 Å². The highest BCUT2D eigenvalue weighted by molar-refractivity contribution is 5.82. The molecule has 0 aromatic heterocycles. The standard InChI is InChI=1S/C23H29N3O3/c1-4-24-23(27)20-13-16-5-8-19(29-3)14-21(16)26-12-11-25(15-22(20)26)17-6-9-18(28-2)10-7-17/h5-10,14,20,22H,4,11-13,15H2,1-3H3,(H,24,27)/t20-,22-/m0/s1. The lowest BCUT2D eigenvalue weighted by Gasteiger charge is -2.49. The highest BCUT2D eigenvalue weighted by Gasteiger charge is 2.41. The van der Waals surface area contributed by atoms with Gasteiger partial charge in [-0.25, -0.2) is 0 Å². The number of hydrogen-bond acceptors (Lipinski definition) is 5. The van der Waals surface area contributed by atoms with Gasteiger partial charge in [-0.1, -0.05) is 6.07 Å². The van der Waals surface area contributed by atoms with Crippen molar-refractivity contribution in [2.75, 3.05) is 50.2 Å². The van der Waals surface area contributed by atoms with Gasteiger partial charge in [0.1, 0.15) is 11.5 Å². The average Bonchev–Trinajstić information content (AvgIpc) is 2.78. The summed E-state index contributed by atoms with van der Waals surface area (Å²) in [7, 11) is 3.37. The highest BCUT2D eigenvalue weighted by atomic mass is 16.5. The molecule has 0 radical (unpaired) electrons. The van der Waals surface area contributed by atoms with Gasteiger partial charge in [-0.3, -0.25) is 4.79 Å². The largest absolute Gasteiger partial charge is 0.497 e. The molecule has 6 heteroatoms. The molecule has 0 aliphatic carbocycles. The second-order valence-electron chi connectivity index (χ2n) is 7.60. The van der Waals surface area contributed by atoms with Gasteiger partial charge in [0.2, 0.25) is 5.91 Å². The van der Waals surface area contributed by atoms with Crippen molar-refractivity contribution in [3.8, 4) is 11.5 Å². The third kappa shape index (κ3) is 3.71. The summed E-state index contributed by atoms with van der Waals surface area (Å²) >= 11 is 0. The molecule has 2 atom stereocenters. The minimum Gasteiger partial charge on any atom is -0.497 e. The minimum absolute atomic E-state index is 0.0723. The fourth-order valence-corrected chi connectivity index (χ4v) is 4.54. The third-order valence-corrected chi connectivity index (χ3v) is 6.05. The number of fused-ring (bicyclic) bond motifs is 3. The maximum atomic E-state index is 12.9. The van der Waals surface area contributed by atoms with Crippen molar-refractivity contribution in [1.82, 2.24) is 5.32 Å². The van der Waals surface area contributed by atoms with Crippen LogP contribution in [0.1, 0.15) is 12.5 Å². The third-order valence-electron chi connectivity index (χ3n) is 6.05. The van der Waals surface area contributed by atoms with E-state index in [1.165, 1.54) is 11.3 Å². The molecule has 1 N–H and O–H groups in total. The van der Waals surface area contributed by atoms with Crippen LogP contribution in [0.3, 0.4) is 0 Å². The summed E-state index contributed by atoms with van der Waals surface area (Å²) < 4.78 is 10.7. The van der Waals surface area contributed by atoms with E-state index in [4.69, 9.17) is 9.47 Å². The van der Waals surface area contributed by atoms with Crippen LogP contribution in [0.25, 0.3) is 0 Å². The van der Waals surface area contributed by atoms with Crippen LogP contribution in [0.4, 0.5) is 11.4 Å². The van der Waals surface area contributed by atoms with Gasteiger partial charge in [0.15, 0.2) is 0 Å². The van der Waals surface area contributed by atoms with E-state index >= 15 is 0 Å². The first kappa shape index (κ1) is 19.4. The number of piperazine rings is 1. The van der Waals surface area contributed by atoms with Gasteiger partial charge < -0.3 is 24.6 Å². The normalized spacial score (nSPS) is 20.5. The Hall–Kier alpha value is -2.89. The summed E-state index contributed by atoms with van der Waals surface area (Å²) in [5.41, 5.74) is 3.58. The number of nitrogens with one attached hydrogen (secondary N) is 1. The van der Waals surface area contributed by atoms with Crippen LogP contribution in [0.5, 0.6) is 11.5 Å². The minimum atomic E-state index is -0.0723. The van der Waals surface area contributed by atoms with E-state index in [0.717, 1.165) is 43.2 Å². The van der Waals surface area contributed by atoms with Gasteiger partial charge in [-0.15, -0.1) is 0 Å². The summed E-state index contributed by atoms with van der Waals surface area (Å²) in [6.45, 7) is 5.21. The van der Waals surface area contributed by atoms with Crippen molar-refractivity contribution in [3.63, 3.8) is 0 Å². The molecule has 2 heterocycles. The van der Waals surface area contributed by atoms with E-state index in [2.05, 4.69) is 39.4 Å². The first-order chi connectivity index (χ1) is 14.1. The molecular formula is C23H29N3O3. The number of nitrogens with zero attached hydrogens (tertiary/aromatic N) is 2. The zero-order valence-electron chi connectivity index (χ0n) is 17.4. The average molecular weight is 396 g/mol. The zero-order valence-corrected chi connectivity index (χ0v) is 17.4. The van der Waals surface area contributed by atoms with Crippen LogP contribution in [0, 0.1) is 5.92 Å². The topological polar surface area (TPSA) is 54.0 Å². The van der Waals surface area contributed by atoms with Gasteiger partial charge in [-0.2, -0.15) is 0 Å². The van der Waals surface area contributed by atoms with Crippen LogP contribution >= 0.6 is 0 Å². The quantitative estimate of drug-likeness (QED) is 0.844. The maximum Gasteiger partial charge on any atom is 0.225 e. The SMILES string of the molecule is CCNC(=O)[C@H]1Cc2ccc(OC)cc2N2CCN(c3ccc(OC)cc3)C[C@@H]12. The number of amides is 1. The summed E-state index contributed by atoms with van der Waals surface area (Å²) in [5, 5.41) is 3.05. The van der Waals surface area contributed by atoms with Crippen LogP contribution in [0.15, 0.2) is 42.5 Å². The van der Waals surface area contributed by atoms with Crippen LogP contribution in [0.2, 0.25) is 0 Å². The van der Waals surface area contributed by atoms with E-state index in [1.807, 2.05) is 25.1 Å². The molecule has 2 aromatic carbocycles. The number of ether oxygens (including phenoxy) is 2. The Morgan fingerprint density at radius 1 is 1.07 bits per heavy atom. The van der Waals surface area contributed by atoms with E-state index in [0.29, 0.717) is 6.54 Å². The maximum absolute atomic E-state index is 12.9. The molecule has 1 fully saturated rings. The smallest absolute Gasteiger partial charge is 0.225 e. The predicted octanol–water partition coefficient (Wildman–Crippen LogP) is 2.71. The molecule has 0 spiro atoms. The number of rotatable bonds is 5. The molecule has 2 aliphatic rings. The second kappa shape index (κ2) is 8.23. The number of benzene rings is 2. The molecule has 4 rings (SSSR count). The molecule has 154 valence electrons. The lowest BCUT2D eigenvalue weighted by atomic mass is 9.83. The van der Waals surface area contributed by atoms with Crippen LogP contribution in [-0.4, -0.2) is 52.3 Å². The van der Waals surface area contributed by atoms with Crippen LogP contribution < -0.4 is 24.6 Å². The monoisotopic (exact) mass is 395 g/mol. The lowest BCUT2D eigenvalue weighted by Crippen LogP contribution is -2.61. The molecule has 29 heavy (non-hydrogen) atoms. The summed E-state index contributed by atoms with van der Waals surface area (Å²) in [6.07, 6.45) is 0.753. The molecule has 2 aliphatic heterocycles. The number of carbonyl (C=O) groups is 1. The Morgan fingerprint density at radius 3 is 2.48 bits per heavy atom. The Kier molecular flexibility index (Phi) is 5.51. The number of methoxy groups -OCH3 is 2. The van der Waals surface area contributed by atoms with Crippen molar-refractivity contribution in [2.24, 2.45) is 5.92 Å². The molecule has 0 unspecified atom stereocenters. The lowest BCUT2D eigenvalue weighted by molar-refractivity contribution is -0.125. The zero-order chi connectivity index (χ0) is 20.4. The van der Waals surface area contributed by atoms with Gasteiger partial charge in [-0.05, 0) is 49.2 Å². The highest BCUT2D eigenvalue weighted by Crippen LogP contribution is 2.39. The Morgan fingerprint density at radius 2 is 1.79 bits per heavy atom. The van der Waals surface area contributed by atoms with Crippen molar-refractivity contribution in [2.45, 2.75) is 19.4 Å². The fraction of sp³-hybridized carbons (Fsp3) is 0.435. The Labute approximate surface area is 172 Å². The Balaban J connectivity index is 1.65. The molecule has 6 nitrogen and oxygen atoms in total. The van der Waals surface area contributed by atoms with E-state index in [1.54, 1.807) is 14.2 Å². The van der Waals surface area contributed by atoms with E-state index < -0.39 is 0 Å². The van der Waals surface area contributed by atoms with Gasteiger partial charge in [0.05, 0.1) is 26.2 Å². The fourth-order valence-electron chi connectivity index (χ4n) is 4.54. The predicted molar refractivity (Wildman–Crippen MR) is 115 cm³/mol. The van der Waals surface area contributed by atoms with Crippen molar-refractivity contribution < 1.29 is 14.3 Å². The summed E-state index contributed by atoms with van der Waals surface area (Å²) in [4.78, 5) is 17.7. The first-order valence-electron chi connectivity index (χ1n) is 10.2. The summed E-state index contributed by atoms with van der Waals surface area (Å²) in [6, 6.07) is 14.5. The molecule has 2 aromatic rings. The van der Waals surface area contributed by atoms with Gasteiger partial charge >= 0.3 is 0 Å². The van der Waals surface area contributed by atoms with Gasteiger partial charge in [0.25, 0.3) is 0 Å².